The Morgan fingerprint density at radius 3 is 2.62 bits per heavy atom. The van der Waals surface area contributed by atoms with E-state index in [-0.39, 0.29) is 11.5 Å². The van der Waals surface area contributed by atoms with Gasteiger partial charge in [0.25, 0.3) is 0 Å². The van der Waals surface area contributed by atoms with Gasteiger partial charge < -0.3 is 4.74 Å². The van der Waals surface area contributed by atoms with Crippen LogP contribution in [0.3, 0.4) is 0 Å². The van der Waals surface area contributed by atoms with Gasteiger partial charge in [-0.25, -0.2) is 4.39 Å². The van der Waals surface area contributed by atoms with Gasteiger partial charge in [-0.05, 0) is 31.5 Å². The monoisotopic (exact) mass is 288 g/mol. The molecule has 0 aliphatic carbocycles. The van der Waals surface area contributed by atoms with Gasteiger partial charge in [0, 0.05) is 5.33 Å². The van der Waals surface area contributed by atoms with Gasteiger partial charge in [0.05, 0.1) is 12.5 Å². The number of ether oxygens (including phenoxy) is 1. The van der Waals surface area contributed by atoms with E-state index in [0.717, 1.165) is 5.56 Å². The van der Waals surface area contributed by atoms with Crippen LogP contribution in [0.15, 0.2) is 18.2 Å². The highest BCUT2D eigenvalue weighted by Gasteiger charge is 2.31. The van der Waals surface area contributed by atoms with E-state index in [0.29, 0.717) is 5.33 Å². The molecule has 0 saturated carbocycles. The molecule has 0 radical (unpaired) electrons. The Morgan fingerprint density at radius 2 is 2.19 bits per heavy atom. The molecule has 88 valence electrons. The second kappa shape index (κ2) is 4.95. The van der Waals surface area contributed by atoms with E-state index >= 15 is 0 Å². The Labute approximate surface area is 103 Å². The molecular weight excluding hydrogens is 275 g/mol. The van der Waals surface area contributed by atoms with Crippen LogP contribution in [0.4, 0.5) is 4.39 Å². The van der Waals surface area contributed by atoms with Crippen LogP contribution in [0, 0.1) is 5.82 Å². The number of hydrogen-bond acceptors (Lipinski definition) is 2. The molecule has 16 heavy (non-hydrogen) atoms. The molecular formula is C12H14BrFO2. The first-order chi connectivity index (χ1) is 7.45. The minimum absolute atomic E-state index is 0.0260. The summed E-state index contributed by atoms with van der Waals surface area (Å²) in [7, 11) is 1.40. The Morgan fingerprint density at radius 1 is 1.56 bits per heavy atom. The highest BCUT2D eigenvalue weighted by Crippen LogP contribution is 2.30. The lowest BCUT2D eigenvalue weighted by molar-refractivity contribution is -0.121. The fourth-order valence-electron chi connectivity index (χ4n) is 1.38. The molecule has 0 aromatic heterocycles. The van der Waals surface area contributed by atoms with Crippen molar-refractivity contribution >= 4 is 21.7 Å². The Balaban J connectivity index is 3.27. The maximum absolute atomic E-state index is 13.2. The average molecular weight is 289 g/mol. The molecule has 4 heteroatoms. The molecule has 0 saturated heterocycles. The maximum atomic E-state index is 13.2. The van der Waals surface area contributed by atoms with Crippen LogP contribution in [0.25, 0.3) is 0 Å². The van der Waals surface area contributed by atoms with Crippen LogP contribution in [-0.2, 0) is 10.2 Å². The van der Waals surface area contributed by atoms with Crippen molar-refractivity contribution in [2.45, 2.75) is 19.3 Å². The zero-order valence-electron chi connectivity index (χ0n) is 9.51. The molecule has 1 unspecified atom stereocenters. The number of methoxy groups -OCH3 is 1. The number of Topliss-reactive ketones (excluding diaryl/α,β-unsaturated/α-hetero) is 1. The lowest BCUT2D eigenvalue weighted by Crippen LogP contribution is -2.32. The van der Waals surface area contributed by atoms with Gasteiger partial charge in [-0.3, -0.25) is 4.79 Å². The third-order valence-electron chi connectivity index (χ3n) is 2.83. The molecule has 0 aliphatic heterocycles. The van der Waals surface area contributed by atoms with Crippen LogP contribution >= 0.6 is 15.9 Å². The van der Waals surface area contributed by atoms with Gasteiger partial charge >= 0.3 is 0 Å². The van der Waals surface area contributed by atoms with E-state index in [2.05, 4.69) is 15.9 Å². The number of benzene rings is 1. The van der Waals surface area contributed by atoms with Crippen molar-refractivity contribution in [2.24, 2.45) is 0 Å². The van der Waals surface area contributed by atoms with Crippen molar-refractivity contribution < 1.29 is 13.9 Å². The van der Waals surface area contributed by atoms with E-state index in [1.807, 2.05) is 6.92 Å². The predicted octanol–water partition coefficient (Wildman–Crippen LogP) is 3.08. The first-order valence-electron chi connectivity index (χ1n) is 4.86. The summed E-state index contributed by atoms with van der Waals surface area (Å²) in [6.45, 7) is 3.34. The summed E-state index contributed by atoms with van der Waals surface area (Å²) in [6.07, 6.45) is 0. The normalized spacial score (nSPS) is 14.3. The van der Waals surface area contributed by atoms with Crippen LogP contribution in [0.5, 0.6) is 5.75 Å². The van der Waals surface area contributed by atoms with Gasteiger partial charge in [-0.2, -0.15) is 0 Å². The summed E-state index contributed by atoms with van der Waals surface area (Å²) in [5.74, 6) is -0.240. The van der Waals surface area contributed by atoms with E-state index in [1.165, 1.54) is 20.1 Å². The summed E-state index contributed by atoms with van der Waals surface area (Å²) in [5, 5.41) is 0.490. The standard InChI is InChI=1S/C12H14BrFO2/c1-8(15)12(2,7-13)9-4-5-10(14)11(6-9)16-3/h4-6H,7H2,1-3H3. The maximum Gasteiger partial charge on any atom is 0.165 e. The highest BCUT2D eigenvalue weighted by atomic mass is 79.9. The lowest BCUT2D eigenvalue weighted by Gasteiger charge is -2.25. The van der Waals surface area contributed by atoms with E-state index in [4.69, 9.17) is 4.74 Å². The van der Waals surface area contributed by atoms with Crippen molar-refractivity contribution in [3.8, 4) is 5.75 Å². The van der Waals surface area contributed by atoms with Crippen molar-refractivity contribution in [3.63, 3.8) is 0 Å². The summed E-state index contributed by atoms with van der Waals surface area (Å²) in [5.41, 5.74) is 0.0937. The van der Waals surface area contributed by atoms with Gasteiger partial charge in [-0.1, -0.05) is 22.0 Å². The highest BCUT2D eigenvalue weighted by molar-refractivity contribution is 9.09. The Kier molecular flexibility index (Phi) is 4.08. The summed E-state index contributed by atoms with van der Waals surface area (Å²) >= 11 is 3.32. The lowest BCUT2D eigenvalue weighted by atomic mass is 9.81. The van der Waals surface area contributed by atoms with E-state index in [9.17, 15) is 9.18 Å². The van der Waals surface area contributed by atoms with Gasteiger partial charge in [0.2, 0.25) is 0 Å². The summed E-state index contributed by atoms with van der Waals surface area (Å²) in [6, 6.07) is 4.50. The third kappa shape index (κ3) is 2.26. The number of alkyl halides is 1. The minimum atomic E-state index is -0.652. The van der Waals surface area contributed by atoms with Gasteiger partial charge in [0.15, 0.2) is 11.6 Å². The first kappa shape index (κ1) is 13.2. The minimum Gasteiger partial charge on any atom is -0.494 e. The van der Waals surface area contributed by atoms with Crippen LogP contribution in [-0.4, -0.2) is 18.2 Å². The molecule has 0 N–H and O–H groups in total. The first-order valence-corrected chi connectivity index (χ1v) is 5.99. The van der Waals surface area contributed by atoms with Crippen LogP contribution in [0.2, 0.25) is 0 Å². The largest absolute Gasteiger partial charge is 0.494 e. The van der Waals surface area contributed by atoms with Crippen molar-refractivity contribution in [1.29, 1.82) is 0 Å². The number of carbonyl (C=O) groups is 1. The number of hydrogen-bond donors (Lipinski definition) is 0. The van der Waals surface area contributed by atoms with Crippen molar-refractivity contribution in [2.75, 3.05) is 12.4 Å². The molecule has 2 nitrogen and oxygen atoms in total. The fourth-order valence-corrected chi connectivity index (χ4v) is 2.10. The Bertz CT molecular complexity index is 406. The van der Waals surface area contributed by atoms with Crippen molar-refractivity contribution in [1.82, 2.24) is 0 Å². The zero-order valence-corrected chi connectivity index (χ0v) is 11.1. The number of halogens is 2. The zero-order chi connectivity index (χ0) is 12.3. The van der Waals surface area contributed by atoms with Crippen LogP contribution < -0.4 is 4.74 Å². The fraction of sp³-hybridized carbons (Fsp3) is 0.417. The van der Waals surface area contributed by atoms with Gasteiger partial charge in [-0.15, -0.1) is 0 Å². The number of rotatable bonds is 4. The summed E-state index contributed by atoms with van der Waals surface area (Å²) < 4.78 is 18.1. The third-order valence-corrected chi connectivity index (χ3v) is 3.95. The molecule has 1 aromatic rings. The predicted molar refractivity (Wildman–Crippen MR) is 64.8 cm³/mol. The SMILES string of the molecule is COc1cc(C(C)(CBr)C(C)=O)ccc1F. The van der Waals surface area contributed by atoms with E-state index in [1.54, 1.807) is 12.1 Å². The second-order valence-corrected chi connectivity index (χ2v) is 4.43. The van der Waals surface area contributed by atoms with E-state index < -0.39 is 11.2 Å². The molecule has 1 atom stereocenters. The van der Waals surface area contributed by atoms with Gasteiger partial charge in [0.1, 0.15) is 5.78 Å². The molecule has 0 heterocycles. The molecule has 0 spiro atoms. The molecule has 1 aromatic carbocycles. The molecule has 0 fully saturated rings. The molecule has 0 amide bonds. The quantitative estimate of drug-likeness (QED) is 0.796. The number of carbonyl (C=O) groups excluding carboxylic acids is 1. The molecule has 1 rings (SSSR count). The van der Waals surface area contributed by atoms with Crippen LogP contribution in [0.1, 0.15) is 19.4 Å². The van der Waals surface area contributed by atoms with Crippen molar-refractivity contribution in [3.05, 3.63) is 29.6 Å². The average Bonchev–Trinajstić information content (AvgIpc) is 2.28. The summed E-state index contributed by atoms with van der Waals surface area (Å²) in [4.78, 5) is 11.6. The second-order valence-electron chi connectivity index (χ2n) is 3.87. The smallest absolute Gasteiger partial charge is 0.165 e. The molecule has 0 aliphatic rings. The Hall–Kier alpha value is -0.900. The topological polar surface area (TPSA) is 26.3 Å². The number of ketones is 1. The molecule has 0 bridgehead atoms.